The first kappa shape index (κ1) is 35.7. The van der Waals surface area contributed by atoms with Crippen LogP contribution in [0.4, 0.5) is 0 Å². The molecule has 1 fully saturated rings. The van der Waals surface area contributed by atoms with E-state index in [-0.39, 0.29) is 5.71 Å². The lowest BCUT2D eigenvalue weighted by atomic mass is 9.96. The van der Waals surface area contributed by atoms with Crippen LogP contribution in [0.2, 0.25) is 0 Å². The van der Waals surface area contributed by atoms with Crippen molar-refractivity contribution in [1.82, 2.24) is 5.16 Å². The van der Waals surface area contributed by atoms with Crippen LogP contribution < -0.4 is 11.5 Å². The summed E-state index contributed by atoms with van der Waals surface area (Å²) < 4.78 is 11.4. The molecule has 8 heteroatoms. The number of nitrogens with zero attached hydrogens (tertiary/aromatic N) is 2. The molecule has 1 aromatic heterocycles. The maximum Gasteiger partial charge on any atom is 0.262 e. The SMILES string of the molecule is C#CC(=C/CCC)/C(=C(\C)N=C(C)C(N)=O)C(/N)=C(\C)CC.Cc1noc(-c2ccccc2)c1CSCC1CCC(C)O1. The molecule has 0 spiro atoms. The second kappa shape index (κ2) is 18.2. The van der Waals surface area contributed by atoms with Crippen molar-refractivity contribution in [1.29, 1.82) is 0 Å². The minimum atomic E-state index is -0.562. The summed E-state index contributed by atoms with van der Waals surface area (Å²) in [5.41, 5.74) is 18.7. The molecule has 2 heterocycles. The van der Waals surface area contributed by atoms with E-state index in [1.54, 1.807) is 13.8 Å². The van der Waals surface area contributed by atoms with E-state index < -0.39 is 5.91 Å². The van der Waals surface area contributed by atoms with Gasteiger partial charge in [-0.25, -0.2) is 0 Å². The van der Waals surface area contributed by atoms with Crippen molar-refractivity contribution in [2.75, 3.05) is 5.75 Å². The normalized spacial score (nSPS) is 18.3. The van der Waals surface area contributed by atoms with E-state index in [2.05, 4.69) is 42.0 Å². The molecule has 0 saturated carbocycles. The van der Waals surface area contributed by atoms with Crippen LogP contribution in [0.25, 0.3) is 11.3 Å². The first-order valence-corrected chi connectivity index (χ1v) is 16.1. The molecule has 1 aromatic carbocycles. The number of hydrogen-bond acceptors (Lipinski definition) is 7. The number of allylic oxidation sites excluding steroid dienone is 4. The largest absolute Gasteiger partial charge is 0.398 e. The van der Waals surface area contributed by atoms with Crippen LogP contribution in [0.1, 0.15) is 84.9 Å². The maximum absolute atomic E-state index is 11.2. The minimum Gasteiger partial charge on any atom is -0.398 e. The van der Waals surface area contributed by atoms with Crippen molar-refractivity contribution in [2.24, 2.45) is 16.5 Å². The van der Waals surface area contributed by atoms with Crippen LogP contribution in [0.3, 0.4) is 0 Å². The highest BCUT2D eigenvalue weighted by Gasteiger charge is 2.22. The lowest BCUT2D eigenvalue weighted by Gasteiger charge is -2.14. The van der Waals surface area contributed by atoms with E-state index in [1.165, 1.54) is 18.4 Å². The van der Waals surface area contributed by atoms with E-state index in [9.17, 15) is 4.79 Å². The van der Waals surface area contributed by atoms with Gasteiger partial charge in [-0.15, -0.1) is 6.42 Å². The Morgan fingerprint density at radius 2 is 1.88 bits per heavy atom. The molecular weight excluding hydrogens is 556 g/mol. The number of aromatic nitrogens is 1. The van der Waals surface area contributed by atoms with Crippen LogP contribution in [-0.4, -0.2) is 34.7 Å². The van der Waals surface area contributed by atoms with Gasteiger partial charge in [0.15, 0.2) is 5.76 Å². The predicted molar refractivity (Wildman–Crippen MR) is 180 cm³/mol. The summed E-state index contributed by atoms with van der Waals surface area (Å²) in [5.74, 6) is 5.00. The summed E-state index contributed by atoms with van der Waals surface area (Å²) >= 11 is 1.91. The average Bonchev–Trinajstić information content (AvgIpc) is 3.59. The number of aryl methyl sites for hydroxylation is 1. The topological polar surface area (TPSA) is 117 Å². The molecule has 43 heavy (non-hydrogen) atoms. The predicted octanol–water partition coefficient (Wildman–Crippen LogP) is 7.66. The quantitative estimate of drug-likeness (QED) is 0.146. The first-order chi connectivity index (χ1) is 20.5. The number of rotatable bonds is 12. The fourth-order valence-electron chi connectivity index (χ4n) is 4.50. The van der Waals surface area contributed by atoms with Crippen LogP contribution in [-0.2, 0) is 15.3 Å². The number of primary amides is 1. The lowest BCUT2D eigenvalue weighted by Crippen LogP contribution is -2.20. The van der Waals surface area contributed by atoms with E-state index in [4.69, 9.17) is 27.2 Å². The molecular formula is C35H48N4O3S. The Bertz CT molecular complexity index is 1380. The number of terminal acetylenes is 1. The molecule has 0 bridgehead atoms. The van der Waals surface area contributed by atoms with Crippen molar-refractivity contribution in [3.05, 3.63) is 75.8 Å². The molecule has 3 rings (SSSR count). The molecule has 0 aliphatic carbocycles. The number of amides is 1. The Kier molecular flexibility index (Phi) is 15.1. The van der Waals surface area contributed by atoms with Gasteiger partial charge in [0.05, 0.1) is 17.9 Å². The number of carbonyl (C=O) groups excluding carboxylic acids is 1. The van der Waals surface area contributed by atoms with Gasteiger partial charge >= 0.3 is 0 Å². The fourth-order valence-corrected chi connectivity index (χ4v) is 5.67. The first-order valence-electron chi connectivity index (χ1n) is 15.0. The Balaban J connectivity index is 0.000000300. The van der Waals surface area contributed by atoms with Crippen molar-refractivity contribution >= 4 is 23.4 Å². The van der Waals surface area contributed by atoms with Crippen LogP contribution in [0.5, 0.6) is 0 Å². The zero-order valence-electron chi connectivity index (χ0n) is 26.8. The van der Waals surface area contributed by atoms with Gasteiger partial charge in [-0.3, -0.25) is 9.79 Å². The Labute approximate surface area is 262 Å². The summed E-state index contributed by atoms with van der Waals surface area (Å²) in [7, 11) is 0. The van der Waals surface area contributed by atoms with Crippen molar-refractivity contribution < 1.29 is 14.1 Å². The molecule has 232 valence electrons. The fraction of sp³-hybridized carbons (Fsp3) is 0.457. The number of aliphatic imine (C=N–C) groups is 1. The number of unbranched alkanes of at least 4 members (excludes halogenated alkanes) is 1. The van der Waals surface area contributed by atoms with Gasteiger partial charge in [-0.2, -0.15) is 11.8 Å². The second-order valence-corrected chi connectivity index (χ2v) is 11.8. The number of carbonyl (C=O) groups is 1. The molecule has 7 nitrogen and oxygen atoms in total. The summed E-state index contributed by atoms with van der Waals surface area (Å²) in [6.45, 7) is 13.6. The summed E-state index contributed by atoms with van der Waals surface area (Å²) in [5, 5.41) is 4.14. The van der Waals surface area contributed by atoms with Crippen molar-refractivity contribution in [2.45, 2.75) is 98.5 Å². The molecule has 0 radical (unpaired) electrons. The van der Waals surface area contributed by atoms with Crippen LogP contribution >= 0.6 is 11.8 Å². The molecule has 1 amide bonds. The second-order valence-electron chi connectivity index (χ2n) is 10.7. The minimum absolute atomic E-state index is 0.226. The molecule has 2 atom stereocenters. The van der Waals surface area contributed by atoms with Gasteiger partial charge in [0.25, 0.3) is 5.91 Å². The highest BCUT2D eigenvalue weighted by atomic mass is 32.2. The third-order valence-electron chi connectivity index (χ3n) is 7.27. The third-order valence-corrected chi connectivity index (χ3v) is 8.37. The number of nitrogens with two attached hydrogens (primary N) is 2. The van der Waals surface area contributed by atoms with Gasteiger partial charge in [-0.05, 0) is 65.9 Å². The van der Waals surface area contributed by atoms with Gasteiger partial charge in [0, 0.05) is 45.2 Å². The van der Waals surface area contributed by atoms with Gasteiger partial charge in [0.2, 0.25) is 0 Å². The number of hydrogen-bond donors (Lipinski definition) is 2. The molecule has 4 N–H and O–H groups in total. The summed E-state index contributed by atoms with van der Waals surface area (Å²) in [6.07, 6.45) is 13.5. The molecule has 1 saturated heterocycles. The number of ether oxygens (including phenoxy) is 1. The highest BCUT2D eigenvalue weighted by molar-refractivity contribution is 7.98. The molecule has 2 unspecified atom stereocenters. The van der Waals surface area contributed by atoms with Crippen LogP contribution in [0, 0.1) is 19.3 Å². The molecule has 1 aliphatic rings. The van der Waals surface area contributed by atoms with Gasteiger partial charge in [0.1, 0.15) is 5.71 Å². The molecule has 2 aromatic rings. The van der Waals surface area contributed by atoms with E-state index in [0.29, 0.717) is 34.7 Å². The van der Waals surface area contributed by atoms with E-state index in [1.807, 2.05) is 56.8 Å². The average molecular weight is 605 g/mol. The zero-order chi connectivity index (χ0) is 31.9. The zero-order valence-corrected chi connectivity index (χ0v) is 27.6. The Morgan fingerprint density at radius 3 is 2.44 bits per heavy atom. The standard InChI is InChI=1S/C18H27N3O.C17H21NO2S/c1-7-10-11-15(9-3)16(17(19)12(4)8-2)13(5)21-14(6)18(20)22;1-12-8-9-15(19-12)10-21-11-16-13(2)18-20-17(16)14-6-4-3-5-7-14/h3,11H,7-8,10,19H2,1-2,4-6H3,(H2,20,22);3-7,12,15H,8-11H2,1-2H3/b15-11-,16-13-,17-12-,21-14?;. The van der Waals surface area contributed by atoms with Gasteiger partial charge in [-0.1, -0.05) is 67.8 Å². The molecule has 1 aliphatic heterocycles. The monoisotopic (exact) mass is 604 g/mol. The Morgan fingerprint density at radius 1 is 1.19 bits per heavy atom. The van der Waals surface area contributed by atoms with E-state index >= 15 is 0 Å². The van der Waals surface area contributed by atoms with Gasteiger partial charge < -0.3 is 20.7 Å². The maximum atomic E-state index is 11.2. The summed E-state index contributed by atoms with van der Waals surface area (Å²) in [4.78, 5) is 15.5. The Hall–Kier alpha value is -3.54. The van der Waals surface area contributed by atoms with E-state index in [0.717, 1.165) is 53.4 Å². The van der Waals surface area contributed by atoms with Crippen LogP contribution in [0.15, 0.2) is 74.0 Å². The van der Waals surface area contributed by atoms with Crippen molar-refractivity contribution in [3.8, 4) is 23.7 Å². The number of benzene rings is 1. The summed E-state index contributed by atoms with van der Waals surface area (Å²) in [6, 6.07) is 10.2. The number of thioether (sulfide) groups is 1. The third kappa shape index (κ3) is 10.9. The van der Waals surface area contributed by atoms with Crippen molar-refractivity contribution in [3.63, 3.8) is 0 Å². The smallest absolute Gasteiger partial charge is 0.262 e. The highest BCUT2D eigenvalue weighted by Crippen LogP contribution is 2.31. The lowest BCUT2D eigenvalue weighted by molar-refractivity contribution is -0.112.